The minimum atomic E-state index is -0.793. The molecule has 3 nitrogen and oxygen atoms in total. The van der Waals surface area contributed by atoms with E-state index < -0.39 is 5.38 Å². The van der Waals surface area contributed by atoms with Crippen molar-refractivity contribution in [2.75, 3.05) is 6.54 Å². The van der Waals surface area contributed by atoms with E-state index in [1.54, 1.807) is 12.1 Å². The highest BCUT2D eigenvalue weighted by Crippen LogP contribution is 2.36. The van der Waals surface area contributed by atoms with Crippen LogP contribution in [-0.4, -0.2) is 23.3 Å². The van der Waals surface area contributed by atoms with Crippen LogP contribution in [0.15, 0.2) is 30.3 Å². The van der Waals surface area contributed by atoms with E-state index in [2.05, 4.69) is 20.8 Å². The number of imide groups is 1. The normalized spacial score (nSPS) is 21.1. The van der Waals surface area contributed by atoms with Crippen LogP contribution in [0.25, 0.3) is 0 Å². The van der Waals surface area contributed by atoms with Gasteiger partial charge in [0.1, 0.15) is 5.38 Å². The molecule has 1 aliphatic heterocycles. The third-order valence-electron chi connectivity index (χ3n) is 3.92. The minimum Gasteiger partial charge on any atom is -0.281 e. The lowest BCUT2D eigenvalue weighted by atomic mass is 9.80. The topological polar surface area (TPSA) is 37.4 Å². The maximum Gasteiger partial charge on any atom is 0.251 e. The van der Waals surface area contributed by atoms with Gasteiger partial charge >= 0.3 is 0 Å². The molecule has 1 aromatic carbocycles. The summed E-state index contributed by atoms with van der Waals surface area (Å²) in [5.74, 6) is -0.232. The average molecular weight is 294 g/mol. The molecular weight excluding hydrogens is 274 g/mol. The van der Waals surface area contributed by atoms with Gasteiger partial charge in [-0.2, -0.15) is 0 Å². The van der Waals surface area contributed by atoms with Crippen molar-refractivity contribution in [1.82, 2.24) is 4.90 Å². The predicted molar refractivity (Wildman–Crippen MR) is 79.3 cm³/mol. The standard InChI is InChI=1S/C16H20ClNO2/c1-16(2,3)12-9-13(19)18(10-12)15(20)14(17)11-7-5-4-6-8-11/h4-8,12,14H,9-10H2,1-3H3. The maximum atomic E-state index is 12.4. The molecular formula is C16H20ClNO2. The Morgan fingerprint density at radius 3 is 2.40 bits per heavy atom. The Hall–Kier alpha value is -1.35. The number of rotatable bonds is 2. The summed E-state index contributed by atoms with van der Waals surface area (Å²) >= 11 is 6.22. The monoisotopic (exact) mass is 293 g/mol. The van der Waals surface area contributed by atoms with Crippen LogP contribution in [0.4, 0.5) is 0 Å². The summed E-state index contributed by atoms with van der Waals surface area (Å²) < 4.78 is 0. The second kappa shape index (κ2) is 5.57. The minimum absolute atomic E-state index is 0.0131. The van der Waals surface area contributed by atoms with E-state index in [0.29, 0.717) is 13.0 Å². The summed E-state index contributed by atoms with van der Waals surface area (Å²) in [7, 11) is 0. The fourth-order valence-electron chi connectivity index (χ4n) is 2.40. The van der Waals surface area contributed by atoms with Crippen molar-refractivity contribution in [1.29, 1.82) is 0 Å². The zero-order chi connectivity index (χ0) is 14.9. The molecule has 2 amide bonds. The van der Waals surface area contributed by atoms with Crippen LogP contribution in [0.2, 0.25) is 0 Å². The van der Waals surface area contributed by atoms with Crippen LogP contribution < -0.4 is 0 Å². The molecule has 0 spiro atoms. The van der Waals surface area contributed by atoms with Gasteiger partial charge in [-0.05, 0) is 16.9 Å². The zero-order valence-corrected chi connectivity index (χ0v) is 12.9. The van der Waals surface area contributed by atoms with E-state index in [-0.39, 0.29) is 23.1 Å². The molecule has 0 aliphatic carbocycles. The fourth-order valence-corrected chi connectivity index (χ4v) is 2.67. The quantitative estimate of drug-likeness (QED) is 0.784. The predicted octanol–water partition coefficient (Wildman–Crippen LogP) is 3.39. The Kier molecular flexibility index (Phi) is 4.19. The molecule has 0 radical (unpaired) electrons. The van der Waals surface area contributed by atoms with Gasteiger partial charge in [0.05, 0.1) is 0 Å². The molecule has 0 saturated carbocycles. The van der Waals surface area contributed by atoms with Gasteiger partial charge in [-0.3, -0.25) is 14.5 Å². The third-order valence-corrected chi connectivity index (χ3v) is 4.36. The largest absolute Gasteiger partial charge is 0.281 e. The van der Waals surface area contributed by atoms with Crippen LogP contribution in [0.1, 0.15) is 38.1 Å². The van der Waals surface area contributed by atoms with Gasteiger partial charge in [0.25, 0.3) is 5.91 Å². The summed E-state index contributed by atoms with van der Waals surface area (Å²) in [4.78, 5) is 25.8. The summed E-state index contributed by atoms with van der Waals surface area (Å²) in [5, 5.41) is -0.793. The van der Waals surface area contributed by atoms with Crippen molar-refractivity contribution in [3.63, 3.8) is 0 Å². The number of halogens is 1. The first-order chi connectivity index (χ1) is 9.30. The van der Waals surface area contributed by atoms with E-state index in [1.807, 2.05) is 18.2 Å². The van der Waals surface area contributed by atoms with Gasteiger partial charge in [-0.25, -0.2) is 0 Å². The van der Waals surface area contributed by atoms with Crippen LogP contribution >= 0.6 is 11.6 Å². The Morgan fingerprint density at radius 1 is 1.30 bits per heavy atom. The summed E-state index contributed by atoms with van der Waals surface area (Å²) in [6, 6.07) is 9.15. The second-order valence-electron chi connectivity index (χ2n) is 6.38. The lowest BCUT2D eigenvalue weighted by Gasteiger charge is -2.26. The van der Waals surface area contributed by atoms with Crippen molar-refractivity contribution in [3.05, 3.63) is 35.9 Å². The zero-order valence-electron chi connectivity index (χ0n) is 12.1. The van der Waals surface area contributed by atoms with E-state index in [9.17, 15) is 9.59 Å². The summed E-state index contributed by atoms with van der Waals surface area (Å²) in [6.07, 6.45) is 0.424. The van der Waals surface area contributed by atoms with Gasteiger partial charge in [0, 0.05) is 13.0 Å². The Bertz CT molecular complexity index is 507. The SMILES string of the molecule is CC(C)(C)C1CC(=O)N(C(=O)C(Cl)c2ccccc2)C1. The molecule has 0 bridgehead atoms. The molecule has 1 fully saturated rings. The Balaban J connectivity index is 2.12. The molecule has 20 heavy (non-hydrogen) atoms. The van der Waals surface area contributed by atoms with Crippen molar-refractivity contribution in [3.8, 4) is 0 Å². The molecule has 2 unspecified atom stereocenters. The first kappa shape index (κ1) is 15.0. The highest BCUT2D eigenvalue weighted by molar-refractivity contribution is 6.31. The third kappa shape index (κ3) is 3.04. The molecule has 2 rings (SSSR count). The summed E-state index contributed by atoms with van der Waals surface area (Å²) in [6.45, 7) is 6.74. The van der Waals surface area contributed by atoms with E-state index in [0.717, 1.165) is 5.56 Å². The van der Waals surface area contributed by atoms with Crippen molar-refractivity contribution < 1.29 is 9.59 Å². The number of benzene rings is 1. The number of amides is 2. The van der Waals surface area contributed by atoms with E-state index in [4.69, 9.17) is 11.6 Å². The molecule has 0 aromatic heterocycles. The second-order valence-corrected chi connectivity index (χ2v) is 6.82. The number of likely N-dealkylation sites (tertiary alicyclic amines) is 1. The van der Waals surface area contributed by atoms with Gasteiger partial charge in [-0.15, -0.1) is 11.6 Å². The molecule has 4 heteroatoms. The fraction of sp³-hybridized carbons (Fsp3) is 0.500. The molecule has 1 saturated heterocycles. The smallest absolute Gasteiger partial charge is 0.251 e. The molecule has 108 valence electrons. The first-order valence-corrected chi connectivity index (χ1v) is 7.27. The highest BCUT2D eigenvalue weighted by atomic mass is 35.5. The van der Waals surface area contributed by atoms with Crippen LogP contribution in [0.3, 0.4) is 0 Å². The summed E-state index contributed by atoms with van der Waals surface area (Å²) in [5.41, 5.74) is 0.741. The van der Waals surface area contributed by atoms with Crippen LogP contribution in [0, 0.1) is 11.3 Å². The number of alkyl halides is 1. The maximum absolute atomic E-state index is 12.4. The number of hydrogen-bond donors (Lipinski definition) is 0. The van der Waals surface area contributed by atoms with Gasteiger partial charge in [-0.1, -0.05) is 51.1 Å². The Labute approximate surface area is 124 Å². The van der Waals surface area contributed by atoms with E-state index in [1.165, 1.54) is 4.90 Å². The van der Waals surface area contributed by atoms with Crippen LogP contribution in [-0.2, 0) is 9.59 Å². The van der Waals surface area contributed by atoms with E-state index >= 15 is 0 Å². The number of nitrogens with zero attached hydrogens (tertiary/aromatic N) is 1. The van der Waals surface area contributed by atoms with Gasteiger partial charge in [0.15, 0.2) is 0 Å². The van der Waals surface area contributed by atoms with Gasteiger partial charge in [0.2, 0.25) is 5.91 Å². The number of carbonyl (C=O) groups excluding carboxylic acids is 2. The molecule has 1 aliphatic rings. The molecule has 1 heterocycles. The lowest BCUT2D eigenvalue weighted by molar-refractivity contribution is -0.141. The van der Waals surface area contributed by atoms with Crippen molar-refractivity contribution in [2.45, 2.75) is 32.6 Å². The lowest BCUT2D eigenvalue weighted by Crippen LogP contribution is -2.35. The van der Waals surface area contributed by atoms with Gasteiger partial charge < -0.3 is 0 Å². The molecule has 2 atom stereocenters. The van der Waals surface area contributed by atoms with Crippen molar-refractivity contribution in [2.24, 2.45) is 11.3 Å². The Morgan fingerprint density at radius 2 is 1.90 bits per heavy atom. The number of carbonyl (C=O) groups is 2. The molecule has 1 aromatic rings. The van der Waals surface area contributed by atoms with Crippen LogP contribution in [0.5, 0.6) is 0 Å². The number of hydrogen-bond acceptors (Lipinski definition) is 2. The molecule has 0 N–H and O–H groups in total. The van der Waals surface area contributed by atoms with Crippen molar-refractivity contribution >= 4 is 23.4 Å². The average Bonchev–Trinajstić information content (AvgIpc) is 2.80. The highest BCUT2D eigenvalue weighted by Gasteiger charge is 2.41. The first-order valence-electron chi connectivity index (χ1n) is 6.84.